The Kier molecular flexibility index (Phi) is 6.99. The molecular formula is C22H27ClN4O2. The summed E-state index contributed by atoms with van der Waals surface area (Å²) in [6.45, 7) is 1.20. The summed E-state index contributed by atoms with van der Waals surface area (Å²) in [5.41, 5.74) is 2.76. The van der Waals surface area contributed by atoms with E-state index in [0.29, 0.717) is 30.2 Å². The van der Waals surface area contributed by atoms with E-state index in [4.69, 9.17) is 11.6 Å². The van der Waals surface area contributed by atoms with Crippen molar-refractivity contribution in [2.45, 2.75) is 31.8 Å². The summed E-state index contributed by atoms with van der Waals surface area (Å²) in [7, 11) is 3.92. The third kappa shape index (κ3) is 5.87. The number of likely N-dealkylation sites (tertiary alicyclic amines) is 1. The number of carbonyl (C=O) groups excluding carboxylic acids is 2. The molecule has 29 heavy (non-hydrogen) atoms. The molecule has 0 bridgehead atoms. The van der Waals surface area contributed by atoms with E-state index >= 15 is 0 Å². The molecule has 1 unspecified atom stereocenters. The maximum Gasteiger partial charge on any atom is 0.319 e. The van der Waals surface area contributed by atoms with Crippen LogP contribution < -0.4 is 15.5 Å². The van der Waals surface area contributed by atoms with Gasteiger partial charge in [-0.3, -0.25) is 4.79 Å². The van der Waals surface area contributed by atoms with E-state index < -0.39 is 6.04 Å². The number of nitrogens with zero attached hydrogens (tertiary/aromatic N) is 2. The molecule has 1 aliphatic heterocycles. The molecule has 1 fully saturated rings. The monoisotopic (exact) mass is 414 g/mol. The Morgan fingerprint density at radius 3 is 2.45 bits per heavy atom. The molecule has 3 rings (SSSR count). The van der Waals surface area contributed by atoms with Gasteiger partial charge in [0.15, 0.2) is 0 Å². The molecule has 1 saturated heterocycles. The molecule has 1 atom stereocenters. The van der Waals surface area contributed by atoms with Gasteiger partial charge in [-0.1, -0.05) is 23.7 Å². The van der Waals surface area contributed by atoms with Crippen molar-refractivity contribution < 1.29 is 9.59 Å². The van der Waals surface area contributed by atoms with Crippen LogP contribution in [0.4, 0.5) is 16.2 Å². The van der Waals surface area contributed by atoms with E-state index in [1.807, 2.05) is 72.4 Å². The first-order valence-corrected chi connectivity index (χ1v) is 10.2. The summed E-state index contributed by atoms with van der Waals surface area (Å²) < 4.78 is 0. The minimum Gasteiger partial charge on any atom is -0.378 e. The van der Waals surface area contributed by atoms with Crippen LogP contribution in [0.25, 0.3) is 0 Å². The zero-order chi connectivity index (χ0) is 20.8. The number of anilines is 2. The van der Waals surface area contributed by atoms with Crippen molar-refractivity contribution >= 4 is 34.9 Å². The molecule has 2 aromatic carbocycles. The van der Waals surface area contributed by atoms with Crippen molar-refractivity contribution in [1.29, 1.82) is 0 Å². The van der Waals surface area contributed by atoms with Gasteiger partial charge in [-0.25, -0.2) is 4.79 Å². The summed E-state index contributed by atoms with van der Waals surface area (Å²) in [6, 6.07) is 14.2. The molecule has 1 heterocycles. The predicted molar refractivity (Wildman–Crippen MR) is 117 cm³/mol. The van der Waals surface area contributed by atoms with Gasteiger partial charge in [-0.05, 0) is 61.2 Å². The number of benzene rings is 2. The molecule has 6 nitrogen and oxygen atoms in total. The Bertz CT molecular complexity index is 837. The van der Waals surface area contributed by atoms with Crippen molar-refractivity contribution in [3.8, 4) is 0 Å². The predicted octanol–water partition coefficient (Wildman–Crippen LogP) is 4.11. The van der Waals surface area contributed by atoms with Gasteiger partial charge in [0.25, 0.3) is 0 Å². The number of amides is 3. The van der Waals surface area contributed by atoms with Gasteiger partial charge in [0, 0.05) is 43.6 Å². The van der Waals surface area contributed by atoms with Gasteiger partial charge >= 0.3 is 6.03 Å². The Labute approximate surface area is 176 Å². The van der Waals surface area contributed by atoms with E-state index in [-0.39, 0.29) is 11.9 Å². The van der Waals surface area contributed by atoms with E-state index in [1.54, 1.807) is 0 Å². The fourth-order valence-electron chi connectivity index (χ4n) is 3.37. The number of halogens is 1. The fraction of sp³-hybridized carbons (Fsp3) is 0.364. The molecule has 0 aliphatic carbocycles. The van der Waals surface area contributed by atoms with Crippen LogP contribution >= 0.6 is 11.6 Å². The second-order valence-corrected chi connectivity index (χ2v) is 7.91. The van der Waals surface area contributed by atoms with Crippen LogP contribution in [0.5, 0.6) is 0 Å². The van der Waals surface area contributed by atoms with Gasteiger partial charge in [0.1, 0.15) is 6.04 Å². The highest BCUT2D eigenvalue weighted by atomic mass is 35.5. The standard InChI is InChI=1S/C22H27ClN4O2/c1-26(2)19-12-10-18(11-13-19)24-22(29)25-20-5-3-4-14-27(21(20)28)15-16-6-8-17(23)9-7-16/h6-13,20H,3-5,14-15H2,1-2H3,(H2,24,25,29). The first kappa shape index (κ1) is 21.0. The highest BCUT2D eigenvalue weighted by Gasteiger charge is 2.28. The summed E-state index contributed by atoms with van der Waals surface area (Å²) in [4.78, 5) is 29.2. The number of carbonyl (C=O) groups is 2. The lowest BCUT2D eigenvalue weighted by molar-refractivity contribution is -0.133. The zero-order valence-electron chi connectivity index (χ0n) is 16.8. The third-order valence-electron chi connectivity index (χ3n) is 5.01. The highest BCUT2D eigenvalue weighted by molar-refractivity contribution is 6.30. The number of nitrogens with one attached hydrogen (secondary N) is 2. The van der Waals surface area contributed by atoms with Crippen LogP contribution in [0.15, 0.2) is 48.5 Å². The Balaban J connectivity index is 1.60. The lowest BCUT2D eigenvalue weighted by Crippen LogP contribution is -2.48. The zero-order valence-corrected chi connectivity index (χ0v) is 17.6. The second-order valence-electron chi connectivity index (χ2n) is 7.47. The third-order valence-corrected chi connectivity index (χ3v) is 5.27. The lowest BCUT2D eigenvalue weighted by Gasteiger charge is -2.25. The number of rotatable bonds is 5. The molecular weight excluding hydrogens is 388 g/mol. The smallest absolute Gasteiger partial charge is 0.319 e. The number of hydrogen-bond acceptors (Lipinski definition) is 3. The summed E-state index contributed by atoms with van der Waals surface area (Å²) in [5.74, 6) is -0.0458. The molecule has 0 radical (unpaired) electrons. The Morgan fingerprint density at radius 2 is 1.79 bits per heavy atom. The quantitative estimate of drug-likeness (QED) is 0.773. The average molecular weight is 415 g/mol. The number of urea groups is 1. The normalized spacial score (nSPS) is 16.9. The first-order chi connectivity index (χ1) is 13.9. The van der Waals surface area contributed by atoms with E-state index in [1.165, 1.54) is 0 Å². The maximum atomic E-state index is 13.0. The Morgan fingerprint density at radius 1 is 1.10 bits per heavy atom. The van der Waals surface area contributed by atoms with Gasteiger partial charge in [-0.15, -0.1) is 0 Å². The van der Waals surface area contributed by atoms with Gasteiger partial charge < -0.3 is 20.4 Å². The van der Waals surface area contributed by atoms with Gasteiger partial charge in [0.2, 0.25) is 5.91 Å². The molecule has 0 aromatic heterocycles. The van der Waals surface area contributed by atoms with Crippen LogP contribution in [-0.2, 0) is 11.3 Å². The summed E-state index contributed by atoms with van der Waals surface area (Å²) in [6.07, 6.45) is 2.46. The highest BCUT2D eigenvalue weighted by Crippen LogP contribution is 2.18. The topological polar surface area (TPSA) is 64.7 Å². The van der Waals surface area contributed by atoms with Crippen molar-refractivity contribution in [2.75, 3.05) is 30.9 Å². The SMILES string of the molecule is CN(C)c1ccc(NC(=O)NC2CCCCN(Cc3ccc(Cl)cc3)C2=O)cc1. The van der Waals surface area contributed by atoms with Gasteiger partial charge in [-0.2, -0.15) is 0 Å². The molecule has 1 aliphatic rings. The van der Waals surface area contributed by atoms with Crippen molar-refractivity contribution in [3.05, 3.63) is 59.1 Å². The van der Waals surface area contributed by atoms with E-state index in [9.17, 15) is 9.59 Å². The van der Waals surface area contributed by atoms with Crippen molar-refractivity contribution in [2.24, 2.45) is 0 Å². The van der Waals surface area contributed by atoms with Crippen LogP contribution in [0.3, 0.4) is 0 Å². The van der Waals surface area contributed by atoms with Crippen molar-refractivity contribution in [1.82, 2.24) is 10.2 Å². The first-order valence-electron chi connectivity index (χ1n) is 9.80. The Hall–Kier alpha value is -2.73. The minimum atomic E-state index is -0.522. The van der Waals surface area contributed by atoms with E-state index in [2.05, 4.69) is 10.6 Å². The second kappa shape index (κ2) is 9.65. The molecule has 7 heteroatoms. The average Bonchev–Trinajstić information content (AvgIpc) is 2.86. The summed E-state index contributed by atoms with van der Waals surface area (Å²) >= 11 is 5.94. The maximum absolute atomic E-state index is 13.0. The van der Waals surface area contributed by atoms with Crippen molar-refractivity contribution in [3.63, 3.8) is 0 Å². The molecule has 154 valence electrons. The minimum absolute atomic E-state index is 0.0458. The van der Waals surface area contributed by atoms with Crippen LogP contribution in [-0.4, -0.2) is 43.5 Å². The fourth-order valence-corrected chi connectivity index (χ4v) is 3.50. The largest absolute Gasteiger partial charge is 0.378 e. The molecule has 2 aromatic rings. The lowest BCUT2D eigenvalue weighted by atomic mass is 10.1. The molecule has 3 amide bonds. The van der Waals surface area contributed by atoms with Gasteiger partial charge in [0.05, 0.1) is 0 Å². The molecule has 2 N–H and O–H groups in total. The van der Waals surface area contributed by atoms with Crippen LogP contribution in [0.1, 0.15) is 24.8 Å². The molecule has 0 saturated carbocycles. The van der Waals surface area contributed by atoms with Crippen LogP contribution in [0.2, 0.25) is 5.02 Å². The molecule has 0 spiro atoms. The number of hydrogen-bond donors (Lipinski definition) is 2. The van der Waals surface area contributed by atoms with E-state index in [0.717, 1.165) is 24.1 Å². The summed E-state index contributed by atoms with van der Waals surface area (Å²) in [5, 5.41) is 6.33. The van der Waals surface area contributed by atoms with Crippen LogP contribution in [0, 0.1) is 0 Å².